The largest absolute Gasteiger partial charge is 0.382 e. The fourth-order valence-electron chi connectivity index (χ4n) is 1.82. The van der Waals surface area contributed by atoms with Gasteiger partial charge in [-0.1, -0.05) is 32.1 Å². The molecule has 0 fully saturated rings. The highest BCUT2D eigenvalue weighted by Gasteiger charge is 2.00. The van der Waals surface area contributed by atoms with Gasteiger partial charge in [0.2, 0.25) is 0 Å². The first kappa shape index (κ1) is 14.5. The van der Waals surface area contributed by atoms with Gasteiger partial charge in [-0.25, -0.2) is 0 Å². The maximum Gasteiger partial charge on any atom is 0.0748 e. The van der Waals surface area contributed by atoms with E-state index in [2.05, 4.69) is 50.7 Å². The predicted molar refractivity (Wildman–Crippen MR) is 80.9 cm³/mol. The summed E-state index contributed by atoms with van der Waals surface area (Å²) in [6, 6.07) is 2.46. The molecule has 0 saturated carbocycles. The molecule has 1 aromatic rings. The van der Waals surface area contributed by atoms with Gasteiger partial charge in [-0.3, -0.25) is 4.98 Å². The molecule has 1 rings (SSSR count). The highest BCUT2D eigenvalue weighted by atomic mass is 14.9. The molecule has 0 aromatic carbocycles. The van der Waals surface area contributed by atoms with E-state index in [4.69, 9.17) is 0 Å². The van der Waals surface area contributed by atoms with Crippen LogP contribution in [0.1, 0.15) is 40.5 Å². The van der Waals surface area contributed by atoms with Gasteiger partial charge in [0, 0.05) is 23.1 Å². The van der Waals surface area contributed by atoms with Gasteiger partial charge in [0.25, 0.3) is 0 Å². The normalized spacial score (nSPS) is 13.7. The first-order valence-corrected chi connectivity index (χ1v) is 6.65. The Morgan fingerprint density at radius 1 is 1.50 bits per heavy atom. The van der Waals surface area contributed by atoms with Crippen LogP contribution in [0.2, 0.25) is 0 Å². The number of hydrogen-bond donors (Lipinski definition) is 1. The molecule has 2 nitrogen and oxygen atoms in total. The van der Waals surface area contributed by atoms with E-state index in [9.17, 15) is 0 Å². The van der Waals surface area contributed by atoms with Crippen molar-refractivity contribution in [2.45, 2.75) is 46.6 Å². The molecule has 0 saturated heterocycles. The Hall–Kier alpha value is -1.57. The molecule has 0 radical (unpaired) electrons. The van der Waals surface area contributed by atoms with E-state index in [1.54, 1.807) is 0 Å². The second-order valence-electron chi connectivity index (χ2n) is 4.80. The lowest BCUT2D eigenvalue weighted by molar-refractivity contribution is 0.894. The molecule has 0 amide bonds. The lowest BCUT2D eigenvalue weighted by atomic mass is 10.1. The number of rotatable bonds is 5. The molecule has 0 unspecified atom stereocenters. The molecule has 0 aliphatic rings. The van der Waals surface area contributed by atoms with Crippen LogP contribution < -0.4 is 15.9 Å². The smallest absolute Gasteiger partial charge is 0.0748 e. The summed E-state index contributed by atoms with van der Waals surface area (Å²) in [5.41, 5.74) is 2.27. The zero-order valence-electron chi connectivity index (χ0n) is 12.0. The van der Waals surface area contributed by atoms with Crippen LogP contribution in [-0.4, -0.2) is 11.0 Å². The average Bonchev–Trinajstić information content (AvgIpc) is 2.35. The van der Waals surface area contributed by atoms with Crippen LogP contribution in [0.25, 0.3) is 11.6 Å². The second-order valence-corrected chi connectivity index (χ2v) is 4.80. The predicted octanol–water partition coefficient (Wildman–Crippen LogP) is 2.84. The number of aromatic nitrogens is 1. The second kappa shape index (κ2) is 7.00. The molecule has 18 heavy (non-hydrogen) atoms. The molecule has 98 valence electrons. The Balaban J connectivity index is 3.50. The fraction of sp³-hybridized carbons (Fsp3) is 0.438. The minimum atomic E-state index is 0.415. The maximum atomic E-state index is 4.49. The number of hydrogen-bond acceptors (Lipinski definition) is 2. The zero-order chi connectivity index (χ0) is 13.5. The Morgan fingerprint density at radius 3 is 2.78 bits per heavy atom. The lowest BCUT2D eigenvalue weighted by Gasteiger charge is -2.11. The van der Waals surface area contributed by atoms with Crippen molar-refractivity contribution in [3.8, 4) is 0 Å². The van der Waals surface area contributed by atoms with Crippen LogP contribution in [0.3, 0.4) is 0 Å². The average molecular weight is 244 g/mol. The van der Waals surface area contributed by atoms with Gasteiger partial charge < -0.3 is 5.32 Å². The van der Waals surface area contributed by atoms with Crippen molar-refractivity contribution in [2.24, 2.45) is 0 Å². The van der Waals surface area contributed by atoms with E-state index in [0.717, 1.165) is 29.5 Å². The van der Waals surface area contributed by atoms with Gasteiger partial charge in [0.15, 0.2) is 0 Å². The summed E-state index contributed by atoms with van der Waals surface area (Å²) in [4.78, 5) is 4.49. The minimum Gasteiger partial charge on any atom is -0.382 e. The van der Waals surface area contributed by atoms with E-state index in [-0.39, 0.29) is 0 Å². The molecule has 2 heteroatoms. The quantitative estimate of drug-likeness (QED) is 0.861. The fourth-order valence-corrected chi connectivity index (χ4v) is 1.82. The molecular formula is C16H24N2. The van der Waals surface area contributed by atoms with Crippen LogP contribution in [0.4, 0.5) is 5.69 Å². The van der Waals surface area contributed by atoms with Crippen molar-refractivity contribution >= 4 is 17.3 Å². The third-order valence-electron chi connectivity index (χ3n) is 2.75. The van der Waals surface area contributed by atoms with Crippen LogP contribution >= 0.6 is 0 Å². The summed E-state index contributed by atoms with van der Waals surface area (Å²) in [5.74, 6) is 0. The molecule has 0 atom stereocenters. The molecule has 0 spiro atoms. The Labute approximate surface area is 110 Å². The van der Waals surface area contributed by atoms with Crippen molar-refractivity contribution in [1.82, 2.24) is 4.98 Å². The number of anilines is 1. The Bertz CT molecular complexity index is 512. The third-order valence-corrected chi connectivity index (χ3v) is 2.75. The summed E-state index contributed by atoms with van der Waals surface area (Å²) in [6.45, 7) is 12.4. The summed E-state index contributed by atoms with van der Waals surface area (Å²) in [6.07, 6.45) is 8.19. The van der Waals surface area contributed by atoms with Gasteiger partial charge in [-0.15, -0.1) is 0 Å². The molecular weight excluding hydrogens is 220 g/mol. The summed E-state index contributed by atoms with van der Waals surface area (Å²) in [5, 5.41) is 5.71. The zero-order valence-corrected chi connectivity index (χ0v) is 12.0. The van der Waals surface area contributed by atoms with Gasteiger partial charge >= 0.3 is 0 Å². The summed E-state index contributed by atoms with van der Waals surface area (Å²) < 4.78 is 0. The number of allylic oxidation sites excluding steroid dienone is 1. The van der Waals surface area contributed by atoms with Crippen LogP contribution in [-0.2, 0) is 0 Å². The van der Waals surface area contributed by atoms with Crippen molar-refractivity contribution in [2.75, 3.05) is 5.32 Å². The monoisotopic (exact) mass is 244 g/mol. The van der Waals surface area contributed by atoms with E-state index in [1.807, 2.05) is 18.3 Å². The van der Waals surface area contributed by atoms with Gasteiger partial charge in [-0.05, 0) is 38.8 Å². The Morgan fingerprint density at radius 2 is 2.22 bits per heavy atom. The van der Waals surface area contributed by atoms with Gasteiger partial charge in [0.1, 0.15) is 0 Å². The van der Waals surface area contributed by atoms with Crippen molar-refractivity contribution in [1.29, 1.82) is 0 Å². The van der Waals surface area contributed by atoms with Crippen LogP contribution in [0, 0.1) is 0 Å². The molecule has 1 heterocycles. The van der Waals surface area contributed by atoms with E-state index in [0.29, 0.717) is 6.04 Å². The van der Waals surface area contributed by atoms with Crippen LogP contribution in [0.15, 0.2) is 24.9 Å². The first-order valence-electron chi connectivity index (χ1n) is 6.65. The van der Waals surface area contributed by atoms with E-state index < -0.39 is 0 Å². The summed E-state index contributed by atoms with van der Waals surface area (Å²) >= 11 is 0. The molecule has 1 N–H and O–H groups in total. The first-order chi connectivity index (χ1) is 8.60. The lowest BCUT2D eigenvalue weighted by Crippen LogP contribution is -2.33. The van der Waals surface area contributed by atoms with Crippen LogP contribution in [0.5, 0.6) is 0 Å². The van der Waals surface area contributed by atoms with Crippen molar-refractivity contribution in [3.63, 3.8) is 0 Å². The van der Waals surface area contributed by atoms with Gasteiger partial charge in [-0.2, -0.15) is 0 Å². The molecule has 1 aromatic heterocycles. The minimum absolute atomic E-state index is 0.415. The maximum absolute atomic E-state index is 4.49. The third kappa shape index (κ3) is 3.73. The number of pyridine rings is 1. The topological polar surface area (TPSA) is 24.9 Å². The molecule has 0 bridgehead atoms. The Kier molecular flexibility index (Phi) is 5.63. The highest BCUT2D eigenvalue weighted by Crippen LogP contribution is 2.00. The van der Waals surface area contributed by atoms with Crippen molar-refractivity contribution < 1.29 is 0 Å². The number of nitrogens with one attached hydrogen (secondary N) is 1. The molecule has 0 aliphatic heterocycles. The number of unbranched alkanes of at least 4 members (excludes halogenated alkanes) is 1. The number of nitrogens with zero attached hydrogens (tertiary/aromatic N) is 1. The van der Waals surface area contributed by atoms with E-state index in [1.165, 1.54) is 5.22 Å². The highest BCUT2D eigenvalue weighted by molar-refractivity contribution is 5.57. The van der Waals surface area contributed by atoms with Crippen molar-refractivity contribution in [3.05, 3.63) is 35.5 Å². The van der Waals surface area contributed by atoms with E-state index >= 15 is 0 Å². The molecule has 0 aliphatic carbocycles. The standard InChI is InChI=1S/C16H24N2/c1-6-8-9-14-15(18-12(3)4)10-11-17-16(14)13(5)7-2/h7,9-12,18H,2,6,8H2,1,3-5H3/b14-9-,16-13+. The SMILES string of the molecule is C=C/C(C)=c1/nccc(NC(C)C)/c1=C/CCC. The van der Waals surface area contributed by atoms with Gasteiger partial charge in [0.05, 0.1) is 5.35 Å². The summed E-state index contributed by atoms with van der Waals surface area (Å²) in [7, 11) is 0.